The van der Waals surface area contributed by atoms with Gasteiger partial charge in [-0.1, -0.05) is 109 Å². The first-order valence-corrected chi connectivity index (χ1v) is 12.5. The van der Waals surface area contributed by atoms with Crippen LogP contribution < -0.4 is 5.32 Å². The minimum absolute atomic E-state index is 0.0896. The van der Waals surface area contributed by atoms with E-state index in [9.17, 15) is 0 Å². The average molecular weight is 472 g/mol. The van der Waals surface area contributed by atoms with Crippen LogP contribution in [-0.4, -0.2) is 29.2 Å². The molecule has 2 heterocycles. The van der Waals surface area contributed by atoms with Crippen molar-refractivity contribution in [1.82, 2.24) is 14.9 Å². The van der Waals surface area contributed by atoms with Gasteiger partial charge in [0.05, 0.1) is 19.0 Å². The summed E-state index contributed by atoms with van der Waals surface area (Å²) in [6.07, 6.45) is 5.74. The number of hydrogen-bond donors (Lipinski definition) is 1. The fraction of sp³-hybridized carbons (Fsp3) is 0.156. The van der Waals surface area contributed by atoms with Gasteiger partial charge < -0.3 is 14.6 Å². The highest BCUT2D eigenvalue weighted by molar-refractivity contribution is 5.65. The quantitative estimate of drug-likeness (QED) is 0.328. The Morgan fingerprint density at radius 2 is 1.33 bits per heavy atom. The summed E-state index contributed by atoms with van der Waals surface area (Å²) in [7, 11) is 0. The number of hydrogen-bond acceptors (Lipinski definition) is 3. The maximum Gasteiger partial charge on any atom is 0.130 e. The van der Waals surface area contributed by atoms with Crippen molar-refractivity contribution in [1.29, 1.82) is 0 Å². The zero-order chi connectivity index (χ0) is 24.2. The maximum absolute atomic E-state index is 6.43. The Hall–Kier alpha value is -3.99. The lowest BCUT2D eigenvalue weighted by Gasteiger charge is -2.39. The van der Waals surface area contributed by atoms with Crippen LogP contribution in [0.3, 0.4) is 0 Å². The number of aromatic nitrogens is 2. The Labute approximate surface area is 212 Å². The zero-order valence-electron chi connectivity index (χ0n) is 20.1. The van der Waals surface area contributed by atoms with Gasteiger partial charge >= 0.3 is 0 Å². The van der Waals surface area contributed by atoms with E-state index in [1.165, 1.54) is 33.4 Å². The SMILES string of the molecule is c1ccc(C(c2ccc(-c3ccc(C4(c5ccccc5)CNCCO4)cc3)cc2)n2ccnc2)cc1. The van der Waals surface area contributed by atoms with E-state index in [1.54, 1.807) is 0 Å². The molecule has 0 radical (unpaired) electrons. The monoisotopic (exact) mass is 471 g/mol. The first kappa shape index (κ1) is 22.5. The fourth-order valence-corrected chi connectivity index (χ4v) is 5.24. The van der Waals surface area contributed by atoms with Gasteiger partial charge in [0.2, 0.25) is 0 Å². The molecule has 1 aromatic heterocycles. The summed E-state index contributed by atoms with van der Waals surface area (Å²) in [5.41, 5.74) is 6.74. The summed E-state index contributed by atoms with van der Waals surface area (Å²) in [6, 6.07) is 38.9. The lowest BCUT2D eigenvalue weighted by atomic mass is 9.84. The van der Waals surface area contributed by atoms with E-state index in [2.05, 4.69) is 124 Å². The molecule has 6 rings (SSSR count). The molecular weight excluding hydrogens is 442 g/mol. The van der Waals surface area contributed by atoms with Crippen molar-refractivity contribution < 1.29 is 4.74 Å². The van der Waals surface area contributed by atoms with E-state index in [1.807, 2.05) is 18.7 Å². The van der Waals surface area contributed by atoms with Gasteiger partial charge in [-0.15, -0.1) is 0 Å². The summed E-state index contributed by atoms with van der Waals surface area (Å²) in [5, 5.41) is 3.53. The number of nitrogens with zero attached hydrogens (tertiary/aromatic N) is 2. The average Bonchev–Trinajstić information content (AvgIpc) is 3.50. The Kier molecular flexibility index (Phi) is 6.20. The molecule has 5 aromatic rings. The molecule has 178 valence electrons. The number of imidazole rings is 1. The van der Waals surface area contributed by atoms with E-state index in [4.69, 9.17) is 4.74 Å². The Morgan fingerprint density at radius 3 is 1.94 bits per heavy atom. The second-order valence-corrected chi connectivity index (χ2v) is 9.24. The lowest BCUT2D eigenvalue weighted by molar-refractivity contribution is -0.0403. The molecule has 1 aliphatic rings. The summed E-state index contributed by atoms with van der Waals surface area (Å²) < 4.78 is 8.59. The highest BCUT2D eigenvalue weighted by atomic mass is 16.5. The molecule has 2 atom stereocenters. The van der Waals surface area contributed by atoms with Crippen LogP contribution in [0, 0.1) is 0 Å². The normalized spacial score (nSPS) is 18.6. The molecule has 4 heteroatoms. The van der Waals surface area contributed by atoms with Gasteiger partial charge in [-0.2, -0.15) is 0 Å². The van der Waals surface area contributed by atoms with Crippen molar-refractivity contribution in [3.8, 4) is 11.1 Å². The molecule has 1 fully saturated rings. The lowest BCUT2D eigenvalue weighted by Crippen LogP contribution is -2.48. The minimum Gasteiger partial charge on any atom is -0.363 e. The predicted molar refractivity (Wildman–Crippen MR) is 144 cm³/mol. The second kappa shape index (κ2) is 9.94. The molecule has 0 spiro atoms. The van der Waals surface area contributed by atoms with Crippen LogP contribution in [-0.2, 0) is 10.3 Å². The van der Waals surface area contributed by atoms with Gasteiger partial charge in [-0.3, -0.25) is 0 Å². The maximum atomic E-state index is 6.43. The topological polar surface area (TPSA) is 39.1 Å². The smallest absolute Gasteiger partial charge is 0.130 e. The third kappa shape index (κ3) is 4.26. The van der Waals surface area contributed by atoms with E-state index in [0.29, 0.717) is 6.61 Å². The van der Waals surface area contributed by atoms with Gasteiger partial charge in [-0.25, -0.2) is 4.98 Å². The molecule has 1 aliphatic heterocycles. The van der Waals surface area contributed by atoms with E-state index in [-0.39, 0.29) is 6.04 Å². The first-order valence-electron chi connectivity index (χ1n) is 12.5. The van der Waals surface area contributed by atoms with Crippen molar-refractivity contribution in [2.45, 2.75) is 11.6 Å². The highest BCUT2D eigenvalue weighted by Gasteiger charge is 2.37. The molecule has 0 bridgehead atoms. The van der Waals surface area contributed by atoms with Crippen molar-refractivity contribution in [2.75, 3.05) is 19.7 Å². The van der Waals surface area contributed by atoms with Crippen LogP contribution in [0.25, 0.3) is 11.1 Å². The molecule has 1 N–H and O–H groups in total. The Bertz CT molecular complexity index is 1370. The van der Waals surface area contributed by atoms with Crippen LogP contribution in [0.5, 0.6) is 0 Å². The highest BCUT2D eigenvalue weighted by Crippen LogP contribution is 2.36. The van der Waals surface area contributed by atoms with Crippen molar-refractivity contribution >= 4 is 0 Å². The Morgan fingerprint density at radius 1 is 0.722 bits per heavy atom. The van der Waals surface area contributed by atoms with Gasteiger partial charge in [0, 0.05) is 25.5 Å². The van der Waals surface area contributed by atoms with Crippen LogP contribution in [0.4, 0.5) is 0 Å². The molecule has 0 aliphatic carbocycles. The van der Waals surface area contributed by atoms with Gasteiger partial charge in [0.25, 0.3) is 0 Å². The number of ether oxygens (including phenoxy) is 1. The molecule has 0 amide bonds. The molecule has 4 nitrogen and oxygen atoms in total. The van der Waals surface area contributed by atoms with Crippen molar-refractivity contribution in [2.24, 2.45) is 0 Å². The van der Waals surface area contributed by atoms with Crippen molar-refractivity contribution in [3.05, 3.63) is 150 Å². The van der Waals surface area contributed by atoms with Crippen LogP contribution in [0.15, 0.2) is 128 Å². The second-order valence-electron chi connectivity index (χ2n) is 9.24. The molecule has 36 heavy (non-hydrogen) atoms. The predicted octanol–water partition coefficient (Wildman–Crippen LogP) is 6.05. The molecular formula is C32H29N3O. The van der Waals surface area contributed by atoms with Crippen LogP contribution >= 0.6 is 0 Å². The third-order valence-corrected chi connectivity index (χ3v) is 7.09. The number of rotatable bonds is 6. The largest absolute Gasteiger partial charge is 0.363 e. The fourth-order valence-electron chi connectivity index (χ4n) is 5.24. The number of morpholine rings is 1. The van der Waals surface area contributed by atoms with E-state index >= 15 is 0 Å². The molecule has 4 aromatic carbocycles. The molecule has 0 saturated carbocycles. The zero-order valence-corrected chi connectivity index (χ0v) is 20.1. The minimum atomic E-state index is -0.463. The number of benzene rings is 4. The van der Waals surface area contributed by atoms with E-state index in [0.717, 1.165) is 13.1 Å². The van der Waals surface area contributed by atoms with Gasteiger partial charge in [-0.05, 0) is 33.4 Å². The van der Waals surface area contributed by atoms with Gasteiger partial charge in [0.15, 0.2) is 0 Å². The van der Waals surface area contributed by atoms with E-state index < -0.39 is 5.60 Å². The van der Waals surface area contributed by atoms with Crippen LogP contribution in [0.1, 0.15) is 28.3 Å². The number of nitrogens with one attached hydrogen (secondary N) is 1. The van der Waals surface area contributed by atoms with Crippen molar-refractivity contribution in [3.63, 3.8) is 0 Å². The standard InChI is InChI=1S/C32H29N3O/c1-3-7-27(8-4-1)31(35-21-19-34-24-35)28-13-11-25(12-14-28)26-15-17-30(18-16-26)32(23-33-20-22-36-32)29-9-5-2-6-10-29/h1-19,21,24,31,33H,20,22-23H2. The summed E-state index contributed by atoms with van der Waals surface area (Å²) >= 11 is 0. The Balaban J connectivity index is 1.30. The summed E-state index contributed by atoms with van der Waals surface area (Å²) in [5.74, 6) is 0. The third-order valence-electron chi connectivity index (χ3n) is 7.09. The molecule has 1 saturated heterocycles. The molecule has 2 unspecified atom stereocenters. The first-order chi connectivity index (χ1) is 17.8. The van der Waals surface area contributed by atoms with Crippen LogP contribution in [0.2, 0.25) is 0 Å². The summed E-state index contributed by atoms with van der Waals surface area (Å²) in [4.78, 5) is 4.28. The van der Waals surface area contributed by atoms with Gasteiger partial charge in [0.1, 0.15) is 5.60 Å². The summed E-state index contributed by atoms with van der Waals surface area (Å²) in [6.45, 7) is 2.33.